The van der Waals surface area contributed by atoms with Crippen LogP contribution in [-0.4, -0.2) is 74.4 Å². The van der Waals surface area contributed by atoms with E-state index < -0.39 is 0 Å². The highest BCUT2D eigenvalue weighted by atomic mass is 16.5. The number of nitrogens with zero attached hydrogens (tertiary/aromatic N) is 2. The van der Waals surface area contributed by atoms with Crippen molar-refractivity contribution in [2.75, 3.05) is 54.6 Å². The van der Waals surface area contributed by atoms with Gasteiger partial charge in [0.2, 0.25) is 5.75 Å². The van der Waals surface area contributed by atoms with Gasteiger partial charge in [0.05, 0.1) is 34.0 Å². The number of fused-ring (bicyclic) bond motifs is 2. The van der Waals surface area contributed by atoms with Crippen molar-refractivity contribution in [2.24, 2.45) is 0 Å². The van der Waals surface area contributed by atoms with E-state index in [1.807, 2.05) is 6.07 Å². The molecule has 0 amide bonds. The zero-order valence-corrected chi connectivity index (χ0v) is 22.8. The largest absolute Gasteiger partial charge is 0.496 e. The minimum absolute atomic E-state index is 0.608. The maximum absolute atomic E-state index is 5.67. The quantitative estimate of drug-likeness (QED) is 0.350. The lowest BCUT2D eigenvalue weighted by Gasteiger charge is -2.21. The molecule has 0 spiro atoms. The van der Waals surface area contributed by atoms with E-state index in [9.17, 15) is 0 Å². The fourth-order valence-electron chi connectivity index (χ4n) is 5.58. The highest BCUT2D eigenvalue weighted by molar-refractivity contribution is 5.91. The number of aromatic amines is 2. The molecular weight excluding hydrogens is 468 g/mol. The molecule has 8 nitrogen and oxygen atoms in total. The third-order valence-electron chi connectivity index (χ3n) is 7.66. The van der Waals surface area contributed by atoms with Gasteiger partial charge in [-0.2, -0.15) is 0 Å². The molecule has 8 heteroatoms. The zero-order valence-electron chi connectivity index (χ0n) is 22.8. The minimum Gasteiger partial charge on any atom is -0.496 e. The average molecular weight is 507 g/mol. The first-order valence-corrected chi connectivity index (χ1v) is 12.9. The fourth-order valence-corrected chi connectivity index (χ4v) is 5.58. The van der Waals surface area contributed by atoms with Crippen LogP contribution in [0, 0.1) is 13.8 Å². The van der Waals surface area contributed by atoms with Crippen molar-refractivity contribution in [3.63, 3.8) is 0 Å². The molecule has 2 aromatic carbocycles. The third kappa shape index (κ3) is 4.83. The van der Waals surface area contributed by atoms with E-state index in [2.05, 4.69) is 51.8 Å². The van der Waals surface area contributed by atoms with Crippen molar-refractivity contribution in [2.45, 2.75) is 33.4 Å². The summed E-state index contributed by atoms with van der Waals surface area (Å²) in [7, 11) is 6.68. The molecule has 0 saturated carbocycles. The second-order valence-electron chi connectivity index (χ2n) is 9.90. The van der Waals surface area contributed by atoms with E-state index in [1.54, 1.807) is 28.4 Å². The summed E-state index contributed by atoms with van der Waals surface area (Å²) in [5, 5.41) is 2.27. The summed E-state index contributed by atoms with van der Waals surface area (Å²) in [6.07, 6.45) is 1.14. The number of aromatic nitrogens is 2. The van der Waals surface area contributed by atoms with Crippen molar-refractivity contribution in [1.29, 1.82) is 0 Å². The van der Waals surface area contributed by atoms with Crippen LogP contribution in [0.5, 0.6) is 23.0 Å². The molecule has 198 valence electrons. The first-order chi connectivity index (χ1) is 17.9. The molecule has 1 saturated heterocycles. The third-order valence-corrected chi connectivity index (χ3v) is 7.66. The number of methoxy groups -OCH3 is 4. The van der Waals surface area contributed by atoms with Crippen LogP contribution in [-0.2, 0) is 13.1 Å². The van der Waals surface area contributed by atoms with Gasteiger partial charge in [0.25, 0.3) is 0 Å². The van der Waals surface area contributed by atoms with E-state index >= 15 is 0 Å². The van der Waals surface area contributed by atoms with Crippen LogP contribution in [0.1, 0.15) is 28.9 Å². The Kier molecular flexibility index (Phi) is 7.22. The zero-order chi connectivity index (χ0) is 26.1. The molecule has 4 aromatic rings. The van der Waals surface area contributed by atoms with Crippen molar-refractivity contribution in [3.8, 4) is 23.0 Å². The number of rotatable bonds is 8. The summed E-state index contributed by atoms with van der Waals surface area (Å²) in [6, 6.07) is 8.60. The van der Waals surface area contributed by atoms with E-state index in [-0.39, 0.29) is 0 Å². The highest BCUT2D eigenvalue weighted by Crippen LogP contribution is 2.43. The Labute approximate surface area is 218 Å². The molecule has 5 rings (SSSR count). The lowest BCUT2D eigenvalue weighted by atomic mass is 10.1. The molecule has 2 aromatic heterocycles. The molecular formula is C29H38N4O4. The second-order valence-corrected chi connectivity index (χ2v) is 9.90. The summed E-state index contributed by atoms with van der Waals surface area (Å²) in [6.45, 7) is 10.3. The molecule has 1 fully saturated rings. The van der Waals surface area contributed by atoms with Crippen molar-refractivity contribution in [3.05, 3.63) is 46.8 Å². The van der Waals surface area contributed by atoms with Crippen LogP contribution in [0.15, 0.2) is 24.3 Å². The second kappa shape index (κ2) is 10.6. The van der Waals surface area contributed by atoms with Gasteiger partial charge in [0.1, 0.15) is 5.75 Å². The molecule has 0 atom stereocenters. The van der Waals surface area contributed by atoms with Gasteiger partial charge >= 0.3 is 0 Å². The number of nitrogens with one attached hydrogen (secondary N) is 2. The lowest BCUT2D eigenvalue weighted by molar-refractivity contribution is 0.244. The number of hydrogen-bond acceptors (Lipinski definition) is 6. The van der Waals surface area contributed by atoms with Gasteiger partial charge in [-0.3, -0.25) is 9.80 Å². The van der Waals surface area contributed by atoms with Crippen LogP contribution in [0.4, 0.5) is 0 Å². The van der Waals surface area contributed by atoms with Crippen LogP contribution in [0.25, 0.3) is 21.8 Å². The topological polar surface area (TPSA) is 75.0 Å². The van der Waals surface area contributed by atoms with Crippen molar-refractivity contribution < 1.29 is 18.9 Å². The Bertz CT molecular complexity index is 1410. The molecule has 1 aliphatic heterocycles. The fraction of sp³-hybridized carbons (Fsp3) is 0.448. The SMILES string of the molecule is COc1cc2cc(CN3CCCN(Cc4cc5cc(OC)c(OC)c(OC)c5[nH]4)CC3)[nH]c2c(C)c1C. The summed E-state index contributed by atoms with van der Waals surface area (Å²) < 4.78 is 22.3. The van der Waals surface area contributed by atoms with Gasteiger partial charge in [-0.25, -0.2) is 0 Å². The predicted molar refractivity (Wildman–Crippen MR) is 147 cm³/mol. The molecule has 0 aliphatic carbocycles. The lowest BCUT2D eigenvalue weighted by Crippen LogP contribution is -2.30. The molecule has 2 N–H and O–H groups in total. The average Bonchev–Trinajstić information content (AvgIpc) is 3.43. The van der Waals surface area contributed by atoms with E-state index in [0.29, 0.717) is 17.2 Å². The number of H-pyrrole nitrogens is 2. The number of aryl methyl sites for hydroxylation is 1. The Balaban J connectivity index is 1.27. The molecule has 1 aliphatic rings. The number of ether oxygens (including phenoxy) is 4. The Morgan fingerprint density at radius 2 is 1.16 bits per heavy atom. The van der Waals surface area contributed by atoms with Crippen molar-refractivity contribution >= 4 is 21.8 Å². The van der Waals surface area contributed by atoms with Gasteiger partial charge in [-0.1, -0.05) is 0 Å². The maximum atomic E-state index is 5.67. The van der Waals surface area contributed by atoms with E-state index in [0.717, 1.165) is 68.0 Å². The standard InChI is InChI=1S/C29H38N4O4/c1-18-19(2)26-20(14-24(18)34-3)12-22(30-26)16-32-8-7-9-33(11-10-32)17-23-13-21-15-25(35-4)28(36-5)29(37-6)27(21)31-23/h12-15,30-31H,7-11,16-17H2,1-6H3. The Morgan fingerprint density at radius 3 is 1.73 bits per heavy atom. The van der Waals surface area contributed by atoms with Gasteiger partial charge in [0, 0.05) is 53.9 Å². The summed E-state index contributed by atoms with van der Waals surface area (Å²) in [5.74, 6) is 2.90. The normalized spacial score (nSPS) is 15.3. The minimum atomic E-state index is 0.608. The summed E-state index contributed by atoms with van der Waals surface area (Å²) in [5.41, 5.74) is 7.02. The Morgan fingerprint density at radius 1 is 0.622 bits per heavy atom. The van der Waals surface area contributed by atoms with Crippen LogP contribution < -0.4 is 18.9 Å². The van der Waals surface area contributed by atoms with Gasteiger partial charge in [-0.05, 0) is 68.8 Å². The summed E-state index contributed by atoms with van der Waals surface area (Å²) >= 11 is 0. The van der Waals surface area contributed by atoms with Crippen LogP contribution in [0.2, 0.25) is 0 Å². The summed E-state index contributed by atoms with van der Waals surface area (Å²) in [4.78, 5) is 12.3. The first-order valence-electron chi connectivity index (χ1n) is 12.9. The van der Waals surface area contributed by atoms with Crippen molar-refractivity contribution in [1.82, 2.24) is 19.8 Å². The van der Waals surface area contributed by atoms with E-state index in [1.165, 1.54) is 27.7 Å². The van der Waals surface area contributed by atoms with Crippen LogP contribution in [0.3, 0.4) is 0 Å². The highest BCUT2D eigenvalue weighted by Gasteiger charge is 2.21. The first kappa shape index (κ1) is 25.3. The molecule has 0 unspecified atom stereocenters. The molecule has 3 heterocycles. The van der Waals surface area contributed by atoms with Gasteiger partial charge < -0.3 is 28.9 Å². The molecule has 0 bridgehead atoms. The number of benzene rings is 2. The maximum Gasteiger partial charge on any atom is 0.205 e. The van der Waals surface area contributed by atoms with Crippen LogP contribution >= 0.6 is 0 Å². The van der Waals surface area contributed by atoms with Gasteiger partial charge in [0.15, 0.2) is 11.5 Å². The smallest absolute Gasteiger partial charge is 0.205 e. The predicted octanol–water partition coefficient (Wildman–Crippen LogP) is 5.01. The number of hydrogen-bond donors (Lipinski definition) is 2. The monoisotopic (exact) mass is 506 g/mol. The van der Waals surface area contributed by atoms with E-state index in [4.69, 9.17) is 18.9 Å². The molecule has 0 radical (unpaired) electrons. The Hall–Kier alpha value is -3.36. The molecule has 37 heavy (non-hydrogen) atoms. The van der Waals surface area contributed by atoms with Gasteiger partial charge in [-0.15, -0.1) is 0 Å².